The first-order valence-electron chi connectivity index (χ1n) is 21.5. The normalized spacial score (nSPS) is 24.8. The Morgan fingerprint density at radius 3 is 2.20 bits per heavy atom. The number of aliphatic hydroxyl groups is 1. The summed E-state index contributed by atoms with van der Waals surface area (Å²) in [6, 6.07) is 6.15. The monoisotopic (exact) mass is 835 g/mol. The molecular weight excluding hydrogens is 767 g/mol. The second-order valence-corrected chi connectivity index (χ2v) is 17.8. The van der Waals surface area contributed by atoms with Crippen LogP contribution < -0.4 is 5.32 Å². The van der Waals surface area contributed by atoms with Crippen LogP contribution in [0.2, 0.25) is 0 Å². The third kappa shape index (κ3) is 12.2. The molecule has 1 aliphatic carbocycles. The smallest absolute Gasteiger partial charge is 0.303 e. The van der Waals surface area contributed by atoms with Gasteiger partial charge in [0.2, 0.25) is 11.8 Å². The first kappa shape index (κ1) is 48.3. The highest BCUT2D eigenvalue weighted by Crippen LogP contribution is 2.42. The average molecular weight is 836 g/mol. The molecule has 2 N–H and O–H groups in total. The maximum absolute atomic E-state index is 13.6. The number of ether oxygens (including phenoxy) is 4. The molecule has 2 aliphatic heterocycles. The van der Waals surface area contributed by atoms with Crippen LogP contribution in [0.3, 0.4) is 0 Å². The van der Waals surface area contributed by atoms with Gasteiger partial charge in [-0.2, -0.15) is 0 Å². The van der Waals surface area contributed by atoms with Crippen LogP contribution in [0.1, 0.15) is 106 Å². The van der Waals surface area contributed by atoms with Gasteiger partial charge >= 0.3 is 17.9 Å². The van der Waals surface area contributed by atoms with E-state index >= 15 is 0 Å². The number of hydrogen-bond acceptors (Lipinski definition) is 11. The molecule has 0 aromatic heterocycles. The van der Waals surface area contributed by atoms with E-state index in [1.165, 1.54) is 20.8 Å². The number of amides is 2. The number of esters is 3. The SMILES string of the molecule is CCC(C)C1=C(Cc2ccc(/C=C/C(C)(C)C(=O)NC(C)(C)C(=O)N3CCN(CC)CC3)cc2C)C=C([C@@H]2O[C@H](COC(C)=O)C[C@H](OC(C)=O)[C@H]2OC(C)=O)C(O)C1C. The van der Waals surface area contributed by atoms with Crippen molar-refractivity contribution < 1.29 is 48.0 Å². The molecule has 3 unspecified atom stereocenters. The number of likely N-dealkylation sites (N-methyl/N-ethyl adjacent to an activating group) is 1. The van der Waals surface area contributed by atoms with Gasteiger partial charge in [-0.05, 0) is 87.8 Å². The van der Waals surface area contributed by atoms with Crippen LogP contribution in [0.15, 0.2) is 47.1 Å². The highest BCUT2D eigenvalue weighted by Gasteiger charge is 2.48. The molecular formula is C47H69N3O10. The molecule has 60 heavy (non-hydrogen) atoms. The molecule has 0 bridgehead atoms. The van der Waals surface area contributed by atoms with Crippen molar-refractivity contribution >= 4 is 35.8 Å². The second kappa shape index (κ2) is 20.5. The largest absolute Gasteiger partial charge is 0.463 e. The van der Waals surface area contributed by atoms with Crippen molar-refractivity contribution in [3.05, 3.63) is 63.8 Å². The van der Waals surface area contributed by atoms with E-state index in [0.29, 0.717) is 25.1 Å². The molecule has 3 aliphatic rings. The minimum atomic E-state index is -1.06. The summed E-state index contributed by atoms with van der Waals surface area (Å²) in [4.78, 5) is 67.6. The topological polar surface area (TPSA) is 161 Å². The van der Waals surface area contributed by atoms with Gasteiger partial charge in [0.25, 0.3) is 0 Å². The second-order valence-electron chi connectivity index (χ2n) is 17.8. The van der Waals surface area contributed by atoms with Crippen LogP contribution in [-0.4, -0.2) is 120 Å². The van der Waals surface area contributed by atoms with Crippen molar-refractivity contribution in [1.82, 2.24) is 15.1 Å². The summed E-state index contributed by atoms with van der Waals surface area (Å²) < 4.78 is 23.2. The summed E-state index contributed by atoms with van der Waals surface area (Å²) in [6.45, 7) is 25.2. The van der Waals surface area contributed by atoms with Gasteiger partial charge < -0.3 is 39.2 Å². The van der Waals surface area contributed by atoms with Gasteiger partial charge in [-0.3, -0.25) is 24.0 Å². The van der Waals surface area contributed by atoms with Crippen molar-refractivity contribution in [2.75, 3.05) is 39.3 Å². The molecule has 2 saturated heterocycles. The number of piperazine rings is 1. The fourth-order valence-corrected chi connectivity index (χ4v) is 8.45. The molecule has 1 aromatic carbocycles. The third-order valence-corrected chi connectivity index (χ3v) is 12.2. The molecule has 13 heteroatoms. The van der Waals surface area contributed by atoms with E-state index in [-0.39, 0.29) is 36.7 Å². The number of carbonyl (C=O) groups excluding carboxylic acids is 5. The number of aliphatic hydroxyl groups excluding tert-OH is 1. The predicted molar refractivity (Wildman–Crippen MR) is 229 cm³/mol. The van der Waals surface area contributed by atoms with E-state index in [1.807, 2.05) is 56.9 Å². The fourth-order valence-electron chi connectivity index (χ4n) is 8.45. The number of nitrogens with one attached hydrogen (secondary N) is 1. The quantitative estimate of drug-likeness (QED) is 0.170. The van der Waals surface area contributed by atoms with E-state index < -0.39 is 59.4 Å². The fraction of sp³-hybridized carbons (Fsp3) is 0.638. The minimum Gasteiger partial charge on any atom is -0.463 e. The highest BCUT2D eigenvalue weighted by atomic mass is 16.6. The lowest BCUT2D eigenvalue weighted by Crippen LogP contribution is -2.61. The first-order chi connectivity index (χ1) is 28.1. The number of nitrogens with zero attached hydrogens (tertiary/aromatic N) is 2. The Morgan fingerprint density at radius 2 is 1.63 bits per heavy atom. The molecule has 0 spiro atoms. The molecule has 7 atom stereocenters. The summed E-state index contributed by atoms with van der Waals surface area (Å²) in [5.74, 6) is -2.16. The number of hydrogen-bond donors (Lipinski definition) is 2. The Labute approximate surface area is 356 Å². The lowest BCUT2D eigenvalue weighted by atomic mass is 9.72. The summed E-state index contributed by atoms with van der Waals surface area (Å²) in [5, 5.41) is 15.0. The Hall–Kier alpha value is -4.33. The van der Waals surface area contributed by atoms with Crippen LogP contribution in [0.4, 0.5) is 0 Å². The molecule has 0 radical (unpaired) electrons. The highest BCUT2D eigenvalue weighted by molar-refractivity contribution is 5.93. The van der Waals surface area contributed by atoms with Crippen molar-refractivity contribution in [2.24, 2.45) is 17.3 Å². The zero-order valence-electron chi connectivity index (χ0n) is 37.9. The molecule has 1 aromatic rings. The first-order valence-corrected chi connectivity index (χ1v) is 21.5. The molecule has 2 heterocycles. The lowest BCUT2D eigenvalue weighted by molar-refractivity contribution is -0.207. The van der Waals surface area contributed by atoms with E-state index in [9.17, 15) is 29.1 Å². The van der Waals surface area contributed by atoms with Gasteiger partial charge in [-0.1, -0.05) is 69.7 Å². The zero-order valence-corrected chi connectivity index (χ0v) is 37.9. The lowest BCUT2D eigenvalue weighted by Gasteiger charge is -2.44. The van der Waals surface area contributed by atoms with Crippen LogP contribution in [0.25, 0.3) is 6.08 Å². The number of aryl methyl sites for hydroxylation is 1. The third-order valence-electron chi connectivity index (χ3n) is 12.2. The van der Waals surface area contributed by atoms with Crippen LogP contribution in [-0.2, 0) is 49.3 Å². The Bertz CT molecular complexity index is 1840. The minimum absolute atomic E-state index is 0.0850. The molecule has 13 nitrogen and oxygen atoms in total. The van der Waals surface area contributed by atoms with Crippen molar-refractivity contribution in [2.45, 2.75) is 138 Å². The maximum Gasteiger partial charge on any atom is 0.303 e. The Morgan fingerprint density at radius 1 is 0.983 bits per heavy atom. The molecule has 332 valence electrons. The zero-order chi connectivity index (χ0) is 44.7. The van der Waals surface area contributed by atoms with Crippen LogP contribution in [0.5, 0.6) is 0 Å². The molecule has 0 saturated carbocycles. The van der Waals surface area contributed by atoms with Crippen LogP contribution >= 0.6 is 0 Å². The number of carbonyl (C=O) groups is 5. The van der Waals surface area contributed by atoms with Crippen LogP contribution in [0, 0.1) is 24.2 Å². The van der Waals surface area contributed by atoms with Gasteiger partial charge in [-0.15, -0.1) is 0 Å². The Balaban J connectivity index is 1.61. The van der Waals surface area contributed by atoms with E-state index in [1.54, 1.807) is 13.8 Å². The number of benzene rings is 1. The van der Waals surface area contributed by atoms with Crippen molar-refractivity contribution in [1.29, 1.82) is 0 Å². The van der Waals surface area contributed by atoms with Gasteiger partial charge in [-0.25, -0.2) is 0 Å². The summed E-state index contributed by atoms with van der Waals surface area (Å²) in [6.07, 6.45) is 2.60. The van der Waals surface area contributed by atoms with Crippen molar-refractivity contribution in [3.8, 4) is 0 Å². The Kier molecular flexibility index (Phi) is 16.5. The average Bonchev–Trinajstić information content (AvgIpc) is 3.18. The van der Waals surface area contributed by atoms with E-state index in [2.05, 4.69) is 43.1 Å². The summed E-state index contributed by atoms with van der Waals surface area (Å²) >= 11 is 0. The van der Waals surface area contributed by atoms with Gasteiger partial charge in [0, 0.05) is 59.3 Å². The van der Waals surface area contributed by atoms with Gasteiger partial charge in [0.1, 0.15) is 24.4 Å². The summed E-state index contributed by atoms with van der Waals surface area (Å²) in [5.41, 5.74) is 3.65. The summed E-state index contributed by atoms with van der Waals surface area (Å²) in [7, 11) is 0. The predicted octanol–water partition coefficient (Wildman–Crippen LogP) is 5.50. The van der Waals surface area contributed by atoms with Gasteiger partial charge in [0.05, 0.1) is 17.6 Å². The van der Waals surface area contributed by atoms with E-state index in [4.69, 9.17) is 18.9 Å². The molecule has 2 amide bonds. The standard InChI is InChI=1S/C47H69N3O10/c1-13-28(3)40-30(5)41(54)38(42-43(59-33(8)53)39(58-32(7)52)26-37(60-42)27-57-31(6)51)25-36(40)24-35-16-15-34(23-29(35)4)17-18-46(9,10)44(55)48-47(11,12)45(56)50-21-19-49(14-2)20-22-50/h15-18,23,25,28,30,37,39,41-43,54H,13-14,19-22,24,26-27H2,1-12H3,(H,48,55)/b18-17+/t28?,30?,37-,39-,41?,42-,43+/m0/s1. The molecule has 2 fully saturated rings. The molecule has 4 rings (SSSR count). The van der Waals surface area contributed by atoms with Crippen molar-refractivity contribution in [3.63, 3.8) is 0 Å². The van der Waals surface area contributed by atoms with E-state index in [0.717, 1.165) is 53.9 Å². The van der Waals surface area contributed by atoms with Gasteiger partial charge in [0.15, 0.2) is 6.10 Å². The maximum atomic E-state index is 13.6. The number of allylic oxidation sites excluding steroid dienone is 2. The number of rotatable bonds is 15.